The summed E-state index contributed by atoms with van der Waals surface area (Å²) >= 11 is 0. The smallest absolute Gasteiger partial charge is 0.220 e. The minimum atomic E-state index is 0.0808. The van der Waals surface area contributed by atoms with Crippen molar-refractivity contribution in [3.05, 3.63) is 54.1 Å². The molecule has 2 N–H and O–H groups in total. The van der Waals surface area contributed by atoms with Gasteiger partial charge in [-0.2, -0.15) is 0 Å². The van der Waals surface area contributed by atoms with Crippen LogP contribution >= 0.6 is 0 Å². The Kier molecular flexibility index (Phi) is 4.77. The molecule has 2 rings (SSSR count). The molecular weight excluding hydrogens is 250 g/mol. The van der Waals surface area contributed by atoms with Crippen molar-refractivity contribution in [1.29, 1.82) is 0 Å². The average Bonchev–Trinajstić information content (AvgIpc) is 2.47. The third-order valence-corrected chi connectivity index (χ3v) is 3.14. The quantitative estimate of drug-likeness (QED) is 0.873. The van der Waals surface area contributed by atoms with Crippen LogP contribution in [0, 0.1) is 0 Å². The standard InChI is InChI=1S/C17H19NO2/c1-2-5-17(20)18-12-13-8-10-14(11-9-13)15-6-3-4-7-16(15)19/h3-4,6-11,19H,2,5,12H2,1H3,(H,18,20). The summed E-state index contributed by atoms with van der Waals surface area (Å²) < 4.78 is 0. The molecule has 3 heteroatoms. The van der Waals surface area contributed by atoms with Crippen LogP contribution in [0.4, 0.5) is 0 Å². The molecule has 0 spiro atoms. The van der Waals surface area contributed by atoms with Crippen molar-refractivity contribution in [3.63, 3.8) is 0 Å². The maximum absolute atomic E-state index is 11.4. The van der Waals surface area contributed by atoms with Crippen LogP contribution in [0.5, 0.6) is 5.75 Å². The number of hydrogen-bond acceptors (Lipinski definition) is 2. The van der Waals surface area contributed by atoms with Crippen molar-refractivity contribution >= 4 is 5.91 Å². The molecule has 0 heterocycles. The fourth-order valence-corrected chi connectivity index (χ4v) is 2.04. The third-order valence-electron chi connectivity index (χ3n) is 3.14. The number of aromatic hydroxyl groups is 1. The van der Waals surface area contributed by atoms with Crippen molar-refractivity contribution < 1.29 is 9.90 Å². The van der Waals surface area contributed by atoms with Crippen LogP contribution in [0.3, 0.4) is 0 Å². The van der Waals surface area contributed by atoms with Gasteiger partial charge in [-0.15, -0.1) is 0 Å². The first-order chi connectivity index (χ1) is 9.70. The molecule has 0 saturated heterocycles. The summed E-state index contributed by atoms with van der Waals surface area (Å²) in [5, 5.41) is 12.7. The zero-order valence-corrected chi connectivity index (χ0v) is 11.6. The summed E-state index contributed by atoms with van der Waals surface area (Å²) in [6, 6.07) is 15.1. The molecule has 0 fully saturated rings. The van der Waals surface area contributed by atoms with Gasteiger partial charge in [0.15, 0.2) is 0 Å². The Morgan fingerprint density at radius 1 is 1.10 bits per heavy atom. The lowest BCUT2D eigenvalue weighted by molar-refractivity contribution is -0.121. The first-order valence-corrected chi connectivity index (χ1v) is 6.84. The van der Waals surface area contributed by atoms with Gasteiger partial charge in [0.1, 0.15) is 5.75 Å². The number of phenols is 1. The molecular formula is C17H19NO2. The summed E-state index contributed by atoms with van der Waals surface area (Å²) in [5.74, 6) is 0.355. The highest BCUT2D eigenvalue weighted by molar-refractivity contribution is 5.75. The zero-order chi connectivity index (χ0) is 14.4. The van der Waals surface area contributed by atoms with Crippen molar-refractivity contribution in [1.82, 2.24) is 5.32 Å². The Labute approximate surface area is 119 Å². The summed E-state index contributed by atoms with van der Waals surface area (Å²) in [7, 11) is 0. The van der Waals surface area contributed by atoms with E-state index in [1.807, 2.05) is 43.3 Å². The molecule has 0 saturated carbocycles. The van der Waals surface area contributed by atoms with Gasteiger partial charge in [-0.25, -0.2) is 0 Å². The lowest BCUT2D eigenvalue weighted by Crippen LogP contribution is -2.21. The second-order valence-electron chi connectivity index (χ2n) is 4.74. The van der Waals surface area contributed by atoms with Crippen LogP contribution in [0.15, 0.2) is 48.5 Å². The number of carbonyl (C=O) groups is 1. The van der Waals surface area contributed by atoms with Crippen LogP contribution in [0.1, 0.15) is 25.3 Å². The maximum atomic E-state index is 11.4. The van der Waals surface area contributed by atoms with E-state index >= 15 is 0 Å². The van der Waals surface area contributed by atoms with Gasteiger partial charge < -0.3 is 10.4 Å². The van der Waals surface area contributed by atoms with E-state index in [1.165, 1.54) is 0 Å². The molecule has 104 valence electrons. The van der Waals surface area contributed by atoms with Gasteiger partial charge in [0, 0.05) is 18.5 Å². The van der Waals surface area contributed by atoms with Gasteiger partial charge in [0.2, 0.25) is 5.91 Å². The minimum Gasteiger partial charge on any atom is -0.507 e. The van der Waals surface area contributed by atoms with Gasteiger partial charge in [0.25, 0.3) is 0 Å². The van der Waals surface area contributed by atoms with Crippen LogP contribution in [0.2, 0.25) is 0 Å². The van der Waals surface area contributed by atoms with Crippen LogP contribution in [-0.4, -0.2) is 11.0 Å². The van der Waals surface area contributed by atoms with Crippen LogP contribution in [0.25, 0.3) is 11.1 Å². The number of amides is 1. The van der Waals surface area contributed by atoms with Gasteiger partial charge in [0.05, 0.1) is 0 Å². The molecule has 2 aromatic rings. The number of hydrogen-bond donors (Lipinski definition) is 2. The van der Waals surface area contributed by atoms with Crippen LogP contribution < -0.4 is 5.32 Å². The molecule has 0 aromatic heterocycles. The third kappa shape index (κ3) is 3.60. The van der Waals surface area contributed by atoms with Crippen molar-refractivity contribution in [2.75, 3.05) is 0 Å². The SMILES string of the molecule is CCCC(=O)NCc1ccc(-c2ccccc2O)cc1. The Hall–Kier alpha value is -2.29. The van der Waals surface area contributed by atoms with Gasteiger partial charge in [-0.05, 0) is 23.6 Å². The summed E-state index contributed by atoms with van der Waals surface area (Å²) in [4.78, 5) is 11.4. The maximum Gasteiger partial charge on any atom is 0.220 e. The van der Waals surface area contributed by atoms with Gasteiger partial charge in [-0.1, -0.05) is 49.4 Å². The topological polar surface area (TPSA) is 49.3 Å². The lowest BCUT2D eigenvalue weighted by atomic mass is 10.0. The molecule has 1 amide bonds. The normalized spacial score (nSPS) is 10.2. The predicted molar refractivity (Wildman–Crippen MR) is 80.3 cm³/mol. The molecule has 0 unspecified atom stereocenters. The summed E-state index contributed by atoms with van der Waals surface area (Å²) in [6.45, 7) is 2.53. The van der Waals surface area contributed by atoms with Crippen LogP contribution in [-0.2, 0) is 11.3 Å². The van der Waals surface area contributed by atoms with E-state index in [2.05, 4.69) is 5.32 Å². The van der Waals surface area contributed by atoms with E-state index < -0.39 is 0 Å². The predicted octanol–water partition coefficient (Wildman–Crippen LogP) is 3.48. The molecule has 2 aromatic carbocycles. The Morgan fingerprint density at radius 3 is 2.45 bits per heavy atom. The fourth-order valence-electron chi connectivity index (χ4n) is 2.04. The Balaban J connectivity index is 2.03. The molecule has 0 atom stereocenters. The largest absolute Gasteiger partial charge is 0.507 e. The molecule has 0 bridgehead atoms. The van der Waals surface area contributed by atoms with E-state index in [0.29, 0.717) is 13.0 Å². The molecule has 0 aliphatic carbocycles. The number of rotatable bonds is 5. The Bertz CT molecular complexity index is 576. The van der Waals surface area contributed by atoms with E-state index in [9.17, 15) is 9.90 Å². The van der Waals surface area contributed by atoms with E-state index in [4.69, 9.17) is 0 Å². The molecule has 0 radical (unpaired) electrons. The zero-order valence-electron chi connectivity index (χ0n) is 11.6. The minimum absolute atomic E-state index is 0.0808. The molecule has 0 aliphatic rings. The van der Waals surface area contributed by atoms with Gasteiger partial charge in [-0.3, -0.25) is 4.79 Å². The van der Waals surface area contributed by atoms with E-state index in [0.717, 1.165) is 23.1 Å². The highest BCUT2D eigenvalue weighted by atomic mass is 16.3. The molecule has 3 nitrogen and oxygen atoms in total. The van der Waals surface area contributed by atoms with Crippen molar-refractivity contribution in [3.8, 4) is 16.9 Å². The highest BCUT2D eigenvalue weighted by Crippen LogP contribution is 2.28. The van der Waals surface area contributed by atoms with Crippen molar-refractivity contribution in [2.24, 2.45) is 0 Å². The van der Waals surface area contributed by atoms with E-state index in [1.54, 1.807) is 12.1 Å². The monoisotopic (exact) mass is 269 g/mol. The number of para-hydroxylation sites is 1. The van der Waals surface area contributed by atoms with E-state index in [-0.39, 0.29) is 11.7 Å². The number of phenolic OH excluding ortho intramolecular Hbond substituents is 1. The second kappa shape index (κ2) is 6.75. The molecule has 0 aliphatic heterocycles. The molecule has 20 heavy (non-hydrogen) atoms. The number of benzene rings is 2. The summed E-state index contributed by atoms with van der Waals surface area (Å²) in [6.07, 6.45) is 1.42. The number of carbonyl (C=O) groups excluding carboxylic acids is 1. The second-order valence-corrected chi connectivity index (χ2v) is 4.74. The fraction of sp³-hybridized carbons (Fsp3) is 0.235. The first kappa shape index (κ1) is 14.1. The van der Waals surface area contributed by atoms with Gasteiger partial charge >= 0.3 is 0 Å². The highest BCUT2D eigenvalue weighted by Gasteiger charge is 2.03. The Morgan fingerprint density at radius 2 is 1.80 bits per heavy atom. The van der Waals surface area contributed by atoms with Crippen molar-refractivity contribution in [2.45, 2.75) is 26.3 Å². The first-order valence-electron chi connectivity index (χ1n) is 6.84. The lowest BCUT2D eigenvalue weighted by Gasteiger charge is -2.07. The average molecular weight is 269 g/mol. The number of nitrogens with one attached hydrogen (secondary N) is 1. The summed E-state index contributed by atoms with van der Waals surface area (Å²) in [5.41, 5.74) is 2.83.